The molecule has 1 aromatic heterocycles. The predicted molar refractivity (Wildman–Crippen MR) is 107 cm³/mol. The first-order chi connectivity index (χ1) is 12.2. The van der Waals surface area contributed by atoms with Crippen molar-refractivity contribution < 1.29 is 4.74 Å². The van der Waals surface area contributed by atoms with E-state index in [4.69, 9.17) is 28.6 Å². The summed E-state index contributed by atoms with van der Waals surface area (Å²) in [6, 6.07) is 13.9. The van der Waals surface area contributed by atoms with Crippen LogP contribution < -0.4 is 10.1 Å². The molecule has 0 aliphatic carbocycles. The fraction of sp³-hybridized carbons (Fsp3) is 0.211. The zero-order valence-corrected chi connectivity index (χ0v) is 15.4. The number of methoxy groups -OCH3 is 1. The number of benzene rings is 2. The number of aromatic amines is 1. The smallest absolute Gasteiger partial charge is 0.173 e. The number of fused-ring (bicyclic) bond motifs is 3. The van der Waals surface area contributed by atoms with Crippen LogP contribution >= 0.6 is 23.8 Å². The van der Waals surface area contributed by atoms with Crippen molar-refractivity contribution in [3.8, 4) is 5.75 Å². The van der Waals surface area contributed by atoms with Gasteiger partial charge < -0.3 is 19.9 Å². The summed E-state index contributed by atoms with van der Waals surface area (Å²) in [5.41, 5.74) is 4.59. The van der Waals surface area contributed by atoms with Crippen LogP contribution in [-0.2, 0) is 13.0 Å². The van der Waals surface area contributed by atoms with Crippen molar-refractivity contribution in [2.45, 2.75) is 13.0 Å². The second-order valence-electron chi connectivity index (χ2n) is 6.07. The van der Waals surface area contributed by atoms with Gasteiger partial charge in [-0.3, -0.25) is 0 Å². The standard InChI is InChI=1S/C19H18ClN3OS/c1-24-18-7-6-12(20)10-16(18)22-19(25)23-9-8-14-13-4-2-3-5-15(13)21-17(14)11-23/h2-7,10,21H,8-9,11H2,1H3,(H,22,25). The minimum atomic E-state index is 0.641. The molecule has 2 aromatic carbocycles. The zero-order chi connectivity index (χ0) is 17.4. The quantitative estimate of drug-likeness (QED) is 0.646. The fourth-order valence-corrected chi connectivity index (χ4v) is 3.78. The Labute approximate surface area is 156 Å². The van der Waals surface area contributed by atoms with E-state index in [2.05, 4.69) is 39.5 Å². The van der Waals surface area contributed by atoms with E-state index in [-0.39, 0.29) is 0 Å². The number of nitrogens with one attached hydrogen (secondary N) is 2. The SMILES string of the molecule is COc1ccc(Cl)cc1NC(=S)N1CCc2c([nH]c3ccccc23)C1. The average molecular weight is 372 g/mol. The summed E-state index contributed by atoms with van der Waals surface area (Å²) in [6.07, 6.45) is 0.966. The highest BCUT2D eigenvalue weighted by atomic mass is 35.5. The van der Waals surface area contributed by atoms with Gasteiger partial charge in [-0.15, -0.1) is 0 Å². The fourth-order valence-electron chi connectivity index (χ4n) is 3.34. The highest BCUT2D eigenvalue weighted by Gasteiger charge is 2.22. The number of rotatable bonds is 2. The van der Waals surface area contributed by atoms with E-state index in [1.54, 1.807) is 13.2 Å². The Balaban J connectivity index is 1.55. The van der Waals surface area contributed by atoms with E-state index in [1.807, 2.05) is 12.1 Å². The van der Waals surface area contributed by atoms with Gasteiger partial charge in [-0.25, -0.2) is 0 Å². The number of H-pyrrole nitrogens is 1. The summed E-state index contributed by atoms with van der Waals surface area (Å²) in [6.45, 7) is 1.64. The van der Waals surface area contributed by atoms with Crippen molar-refractivity contribution in [3.63, 3.8) is 0 Å². The average Bonchev–Trinajstić information content (AvgIpc) is 2.99. The lowest BCUT2D eigenvalue weighted by atomic mass is 10.0. The molecule has 0 fully saturated rings. The van der Waals surface area contributed by atoms with E-state index in [0.717, 1.165) is 30.9 Å². The number of anilines is 1. The lowest BCUT2D eigenvalue weighted by Gasteiger charge is -2.30. The molecule has 0 saturated carbocycles. The maximum atomic E-state index is 6.10. The van der Waals surface area contributed by atoms with E-state index >= 15 is 0 Å². The second kappa shape index (κ2) is 6.58. The van der Waals surface area contributed by atoms with Crippen LogP contribution in [0.2, 0.25) is 5.02 Å². The molecule has 1 aliphatic rings. The Morgan fingerprint density at radius 1 is 1.28 bits per heavy atom. The molecule has 4 rings (SSSR count). The topological polar surface area (TPSA) is 40.3 Å². The van der Waals surface area contributed by atoms with Crippen LogP contribution in [0, 0.1) is 0 Å². The van der Waals surface area contributed by atoms with E-state index in [0.29, 0.717) is 10.1 Å². The Morgan fingerprint density at radius 3 is 2.96 bits per heavy atom. The van der Waals surface area contributed by atoms with Gasteiger partial charge in [-0.2, -0.15) is 0 Å². The third-order valence-corrected chi connectivity index (χ3v) is 5.17. The van der Waals surface area contributed by atoms with Crippen LogP contribution in [0.5, 0.6) is 5.75 Å². The molecule has 6 heteroatoms. The first-order valence-electron chi connectivity index (χ1n) is 8.13. The number of hydrogen-bond donors (Lipinski definition) is 2. The van der Waals surface area contributed by atoms with E-state index in [1.165, 1.54) is 22.2 Å². The summed E-state index contributed by atoms with van der Waals surface area (Å²) in [7, 11) is 1.63. The van der Waals surface area contributed by atoms with Gasteiger partial charge in [-0.05, 0) is 48.5 Å². The number of nitrogens with zero attached hydrogens (tertiary/aromatic N) is 1. The molecule has 0 unspecified atom stereocenters. The molecule has 4 nitrogen and oxygen atoms in total. The van der Waals surface area contributed by atoms with Crippen molar-refractivity contribution in [3.05, 3.63) is 58.7 Å². The van der Waals surface area contributed by atoms with Gasteiger partial charge in [0.2, 0.25) is 0 Å². The van der Waals surface area contributed by atoms with Crippen LogP contribution in [0.15, 0.2) is 42.5 Å². The molecule has 2 N–H and O–H groups in total. The highest BCUT2D eigenvalue weighted by Crippen LogP contribution is 2.30. The second-order valence-corrected chi connectivity index (χ2v) is 6.90. The van der Waals surface area contributed by atoms with Gasteiger partial charge in [0.25, 0.3) is 0 Å². The number of ether oxygens (including phenoxy) is 1. The van der Waals surface area contributed by atoms with Gasteiger partial charge in [0.15, 0.2) is 5.11 Å². The summed E-state index contributed by atoms with van der Waals surface area (Å²) in [4.78, 5) is 5.68. The zero-order valence-electron chi connectivity index (χ0n) is 13.8. The number of aromatic nitrogens is 1. The van der Waals surface area contributed by atoms with Gasteiger partial charge >= 0.3 is 0 Å². The molecule has 3 aromatic rings. The molecule has 25 heavy (non-hydrogen) atoms. The summed E-state index contributed by atoms with van der Waals surface area (Å²) >= 11 is 11.7. The molecule has 2 heterocycles. The van der Waals surface area contributed by atoms with Gasteiger partial charge in [0.1, 0.15) is 5.75 Å². The molecular weight excluding hydrogens is 354 g/mol. The van der Waals surface area contributed by atoms with Crippen molar-refractivity contribution in [2.24, 2.45) is 0 Å². The first kappa shape index (κ1) is 16.2. The normalized spacial score (nSPS) is 13.6. The molecule has 0 radical (unpaired) electrons. The number of hydrogen-bond acceptors (Lipinski definition) is 2. The van der Waals surface area contributed by atoms with E-state index < -0.39 is 0 Å². The molecule has 128 valence electrons. The van der Waals surface area contributed by atoms with Crippen LogP contribution in [0.4, 0.5) is 5.69 Å². The lowest BCUT2D eigenvalue weighted by molar-refractivity contribution is 0.395. The third kappa shape index (κ3) is 3.05. The predicted octanol–water partition coefficient (Wildman–Crippen LogP) is 4.59. The number of para-hydroxylation sites is 1. The maximum absolute atomic E-state index is 6.10. The Morgan fingerprint density at radius 2 is 2.12 bits per heavy atom. The highest BCUT2D eigenvalue weighted by molar-refractivity contribution is 7.80. The molecule has 0 bridgehead atoms. The van der Waals surface area contributed by atoms with E-state index in [9.17, 15) is 0 Å². The molecule has 0 atom stereocenters. The largest absolute Gasteiger partial charge is 0.495 e. The van der Waals surface area contributed by atoms with Crippen molar-refractivity contribution in [1.29, 1.82) is 0 Å². The van der Waals surface area contributed by atoms with Crippen molar-refractivity contribution >= 4 is 45.5 Å². The van der Waals surface area contributed by atoms with Gasteiger partial charge in [-0.1, -0.05) is 29.8 Å². The summed E-state index contributed by atoms with van der Waals surface area (Å²) in [5.74, 6) is 0.718. The number of halogens is 1. The monoisotopic (exact) mass is 371 g/mol. The molecular formula is C19H18ClN3OS. The minimum absolute atomic E-state index is 0.641. The van der Waals surface area contributed by atoms with Crippen LogP contribution in [0.3, 0.4) is 0 Å². The Bertz CT molecular complexity index is 953. The Hall–Kier alpha value is -2.24. The van der Waals surface area contributed by atoms with Gasteiger partial charge in [0, 0.05) is 28.2 Å². The Kier molecular flexibility index (Phi) is 4.27. The van der Waals surface area contributed by atoms with Crippen LogP contribution in [0.25, 0.3) is 10.9 Å². The third-order valence-electron chi connectivity index (χ3n) is 4.57. The van der Waals surface area contributed by atoms with Crippen molar-refractivity contribution in [2.75, 3.05) is 19.0 Å². The first-order valence-corrected chi connectivity index (χ1v) is 8.92. The molecule has 0 spiro atoms. The minimum Gasteiger partial charge on any atom is -0.495 e. The van der Waals surface area contributed by atoms with Gasteiger partial charge in [0.05, 0.1) is 19.3 Å². The maximum Gasteiger partial charge on any atom is 0.173 e. The van der Waals surface area contributed by atoms with Crippen LogP contribution in [0.1, 0.15) is 11.3 Å². The molecule has 0 amide bonds. The summed E-state index contributed by atoms with van der Waals surface area (Å²) < 4.78 is 5.38. The van der Waals surface area contributed by atoms with Crippen LogP contribution in [-0.4, -0.2) is 28.7 Å². The molecule has 1 aliphatic heterocycles. The summed E-state index contributed by atoms with van der Waals surface area (Å²) in [5, 5.41) is 5.90. The van der Waals surface area contributed by atoms with Crippen molar-refractivity contribution in [1.82, 2.24) is 9.88 Å². The number of thiocarbonyl (C=S) groups is 1. The molecule has 0 saturated heterocycles. The lowest BCUT2D eigenvalue weighted by Crippen LogP contribution is -2.38.